The van der Waals surface area contributed by atoms with Gasteiger partial charge in [0, 0.05) is 36.6 Å². The van der Waals surface area contributed by atoms with Crippen molar-refractivity contribution in [2.45, 2.75) is 13.0 Å². The van der Waals surface area contributed by atoms with Crippen LogP contribution in [0.4, 0.5) is 11.6 Å². The number of nitrogens with one attached hydrogen (secondary N) is 1. The van der Waals surface area contributed by atoms with Gasteiger partial charge in [0.1, 0.15) is 5.65 Å². The lowest BCUT2D eigenvalue weighted by atomic mass is 10.1. The molecule has 23 heavy (non-hydrogen) atoms. The van der Waals surface area contributed by atoms with Gasteiger partial charge >= 0.3 is 0 Å². The van der Waals surface area contributed by atoms with Crippen LogP contribution in [0.5, 0.6) is 0 Å². The van der Waals surface area contributed by atoms with Crippen molar-refractivity contribution < 1.29 is 0 Å². The molecule has 1 atom stereocenters. The number of imidazole rings is 1. The van der Waals surface area contributed by atoms with Crippen LogP contribution in [0, 0.1) is 0 Å². The molecule has 0 spiro atoms. The van der Waals surface area contributed by atoms with Crippen molar-refractivity contribution in [2.24, 2.45) is 4.99 Å². The molecule has 1 aliphatic heterocycles. The standard InChI is InChI=1S/C16H15N7/c1-10(11-2-3-14-19-4-5-23(14)9-11)21-16-15(17)20-8-13(22-16)12-6-18-7-12/h2-10H,1H3,(H2,17,20)(H,21,22). The number of anilines is 2. The maximum atomic E-state index is 5.95. The molecular formula is C16H15N7. The van der Waals surface area contributed by atoms with Gasteiger partial charge in [-0.1, -0.05) is 6.07 Å². The van der Waals surface area contributed by atoms with Crippen molar-refractivity contribution in [3.05, 3.63) is 54.4 Å². The molecule has 0 saturated heterocycles. The van der Waals surface area contributed by atoms with Crippen LogP contribution in [0.15, 0.2) is 48.1 Å². The molecule has 0 fully saturated rings. The lowest BCUT2D eigenvalue weighted by molar-refractivity contribution is 0.859. The van der Waals surface area contributed by atoms with E-state index in [0.717, 1.165) is 22.5 Å². The van der Waals surface area contributed by atoms with E-state index >= 15 is 0 Å². The number of hydrogen-bond donors (Lipinski definition) is 2. The molecule has 7 nitrogen and oxygen atoms in total. The number of nitrogens with two attached hydrogens (primary N) is 1. The third-order valence-electron chi connectivity index (χ3n) is 3.79. The molecule has 7 heteroatoms. The molecule has 3 aromatic heterocycles. The predicted molar refractivity (Wildman–Crippen MR) is 90.1 cm³/mol. The number of aromatic nitrogens is 4. The minimum atomic E-state index is 0.0256. The first-order valence-corrected chi connectivity index (χ1v) is 7.26. The molecule has 4 rings (SSSR count). The summed E-state index contributed by atoms with van der Waals surface area (Å²) in [6.45, 7) is 2.05. The lowest BCUT2D eigenvalue weighted by Gasteiger charge is -2.17. The first kappa shape index (κ1) is 13.4. The number of nitrogens with zero attached hydrogens (tertiary/aromatic N) is 5. The van der Waals surface area contributed by atoms with Gasteiger partial charge in [-0.05, 0) is 18.6 Å². The van der Waals surface area contributed by atoms with E-state index in [0.29, 0.717) is 11.6 Å². The molecule has 0 aliphatic carbocycles. The van der Waals surface area contributed by atoms with E-state index in [-0.39, 0.29) is 6.04 Å². The number of hydrogen-bond acceptors (Lipinski definition) is 6. The molecule has 4 heterocycles. The summed E-state index contributed by atoms with van der Waals surface area (Å²) in [7, 11) is 0. The number of fused-ring (bicyclic) bond motifs is 1. The Kier molecular flexibility index (Phi) is 3.04. The predicted octanol–water partition coefficient (Wildman–Crippen LogP) is 2.30. The highest BCUT2D eigenvalue weighted by Gasteiger charge is 2.13. The van der Waals surface area contributed by atoms with Crippen LogP contribution in [-0.2, 0) is 0 Å². The molecule has 0 amide bonds. The van der Waals surface area contributed by atoms with Crippen molar-refractivity contribution >= 4 is 29.1 Å². The summed E-state index contributed by atoms with van der Waals surface area (Å²) < 4.78 is 1.98. The van der Waals surface area contributed by atoms with Gasteiger partial charge in [-0.15, -0.1) is 0 Å². The Balaban J connectivity index is 1.61. The zero-order valence-electron chi connectivity index (χ0n) is 12.5. The van der Waals surface area contributed by atoms with Crippen molar-refractivity contribution in [2.75, 3.05) is 11.1 Å². The molecule has 0 bridgehead atoms. The SMILES string of the molecule is CC(Nc1nc(C2=CN=C2)cnc1N)c1ccc2nccn2c1. The van der Waals surface area contributed by atoms with Crippen LogP contribution in [0.3, 0.4) is 0 Å². The number of nitrogen functional groups attached to an aromatic ring is 1. The molecule has 114 valence electrons. The van der Waals surface area contributed by atoms with Crippen LogP contribution in [-0.4, -0.2) is 25.6 Å². The Morgan fingerprint density at radius 3 is 2.91 bits per heavy atom. The second kappa shape index (κ2) is 5.20. The van der Waals surface area contributed by atoms with Crippen molar-refractivity contribution in [1.29, 1.82) is 0 Å². The first-order valence-electron chi connectivity index (χ1n) is 7.26. The van der Waals surface area contributed by atoms with Gasteiger partial charge in [0.15, 0.2) is 11.6 Å². The fraction of sp³-hybridized carbons (Fsp3) is 0.125. The summed E-state index contributed by atoms with van der Waals surface area (Å²) in [5.41, 5.74) is 9.67. The molecule has 1 aliphatic rings. The molecule has 0 aromatic carbocycles. The van der Waals surface area contributed by atoms with E-state index in [4.69, 9.17) is 5.73 Å². The summed E-state index contributed by atoms with van der Waals surface area (Å²) in [5.74, 6) is 0.947. The molecule has 0 saturated carbocycles. The van der Waals surface area contributed by atoms with Gasteiger partial charge in [-0.2, -0.15) is 0 Å². The highest BCUT2D eigenvalue weighted by Crippen LogP contribution is 2.24. The summed E-state index contributed by atoms with van der Waals surface area (Å²) in [6.07, 6.45) is 10.9. The molecule has 3 aromatic rings. The van der Waals surface area contributed by atoms with Crippen LogP contribution < -0.4 is 11.1 Å². The van der Waals surface area contributed by atoms with Crippen molar-refractivity contribution in [3.63, 3.8) is 0 Å². The van der Waals surface area contributed by atoms with E-state index in [2.05, 4.69) is 32.2 Å². The van der Waals surface area contributed by atoms with Crippen LogP contribution in [0.2, 0.25) is 0 Å². The maximum absolute atomic E-state index is 5.95. The summed E-state index contributed by atoms with van der Waals surface area (Å²) in [5, 5.41) is 3.32. The van der Waals surface area contributed by atoms with Crippen molar-refractivity contribution in [3.8, 4) is 0 Å². The van der Waals surface area contributed by atoms with Gasteiger partial charge < -0.3 is 15.5 Å². The fourth-order valence-electron chi connectivity index (χ4n) is 2.41. The quantitative estimate of drug-likeness (QED) is 0.771. The van der Waals surface area contributed by atoms with Crippen LogP contribution >= 0.6 is 0 Å². The second-order valence-electron chi connectivity index (χ2n) is 5.37. The Labute approximate surface area is 132 Å². The van der Waals surface area contributed by atoms with Gasteiger partial charge in [0.2, 0.25) is 0 Å². The number of rotatable bonds is 4. The third-order valence-corrected chi connectivity index (χ3v) is 3.79. The number of aliphatic imine (C=N–C) groups is 1. The van der Waals surface area contributed by atoms with E-state index in [1.807, 2.05) is 28.9 Å². The van der Waals surface area contributed by atoms with Crippen molar-refractivity contribution in [1.82, 2.24) is 19.4 Å². The molecule has 3 N–H and O–H groups in total. The topological polar surface area (TPSA) is 93.5 Å². The Morgan fingerprint density at radius 1 is 1.26 bits per heavy atom. The fourth-order valence-corrected chi connectivity index (χ4v) is 2.41. The van der Waals surface area contributed by atoms with E-state index in [1.54, 1.807) is 24.8 Å². The Morgan fingerprint density at radius 2 is 2.13 bits per heavy atom. The number of allylic oxidation sites excluding steroid dienone is 1. The molecule has 0 radical (unpaired) electrons. The van der Waals surface area contributed by atoms with E-state index in [1.165, 1.54) is 0 Å². The van der Waals surface area contributed by atoms with Gasteiger partial charge in [0.05, 0.1) is 17.9 Å². The zero-order chi connectivity index (χ0) is 15.8. The van der Waals surface area contributed by atoms with Gasteiger partial charge in [0.25, 0.3) is 0 Å². The minimum Gasteiger partial charge on any atom is -0.381 e. The van der Waals surface area contributed by atoms with Crippen LogP contribution in [0.1, 0.15) is 24.2 Å². The average Bonchev–Trinajstić information content (AvgIpc) is 2.96. The zero-order valence-corrected chi connectivity index (χ0v) is 12.5. The highest BCUT2D eigenvalue weighted by molar-refractivity contribution is 6.13. The second-order valence-corrected chi connectivity index (χ2v) is 5.37. The Bertz CT molecular complexity index is 939. The maximum Gasteiger partial charge on any atom is 0.170 e. The summed E-state index contributed by atoms with van der Waals surface area (Å²) in [4.78, 5) is 16.9. The largest absolute Gasteiger partial charge is 0.381 e. The van der Waals surface area contributed by atoms with E-state index in [9.17, 15) is 0 Å². The van der Waals surface area contributed by atoms with Crippen LogP contribution in [0.25, 0.3) is 11.2 Å². The number of pyridine rings is 1. The molecular weight excluding hydrogens is 290 g/mol. The minimum absolute atomic E-state index is 0.0256. The van der Waals surface area contributed by atoms with Gasteiger partial charge in [-0.25, -0.2) is 15.0 Å². The normalized spacial score (nSPS) is 14.4. The summed E-state index contributed by atoms with van der Waals surface area (Å²) >= 11 is 0. The monoisotopic (exact) mass is 305 g/mol. The molecule has 1 unspecified atom stereocenters. The Hall–Kier alpha value is -3.22. The highest BCUT2D eigenvalue weighted by atomic mass is 15.1. The average molecular weight is 305 g/mol. The van der Waals surface area contributed by atoms with Gasteiger partial charge in [-0.3, -0.25) is 4.99 Å². The van der Waals surface area contributed by atoms with E-state index < -0.39 is 0 Å². The first-order chi connectivity index (χ1) is 11.2. The summed E-state index contributed by atoms with van der Waals surface area (Å²) in [6, 6.07) is 4.04. The lowest BCUT2D eigenvalue weighted by Crippen LogP contribution is -2.12. The third kappa shape index (κ3) is 2.42. The smallest absolute Gasteiger partial charge is 0.170 e.